The van der Waals surface area contributed by atoms with Crippen LogP contribution in [-0.4, -0.2) is 19.2 Å². The van der Waals surface area contributed by atoms with E-state index in [2.05, 4.69) is 33.2 Å². The third-order valence-electron chi connectivity index (χ3n) is 2.97. The molecule has 0 spiro atoms. The molecule has 1 heterocycles. The van der Waals surface area contributed by atoms with Crippen LogP contribution >= 0.6 is 22.6 Å². The number of benzene rings is 2. The van der Waals surface area contributed by atoms with Crippen LogP contribution in [0.1, 0.15) is 0 Å². The smallest absolute Gasteiger partial charge is 0.243 e. The summed E-state index contributed by atoms with van der Waals surface area (Å²) in [7, 11) is 0. The lowest BCUT2D eigenvalue weighted by Crippen LogP contribution is -2.22. The van der Waals surface area contributed by atoms with Crippen LogP contribution in [0.15, 0.2) is 42.5 Å². The van der Waals surface area contributed by atoms with E-state index < -0.39 is 0 Å². The molecule has 0 aromatic heterocycles. The number of carbonyl (C=O) groups excluding carboxylic acids is 1. The summed E-state index contributed by atoms with van der Waals surface area (Å²) in [5, 5.41) is 5.93. The molecular weight excluding hydrogens is 383 g/mol. The Morgan fingerprint density at radius 2 is 1.95 bits per heavy atom. The van der Waals surface area contributed by atoms with Gasteiger partial charge in [0.05, 0.1) is 6.54 Å². The molecule has 0 unspecified atom stereocenters. The second kappa shape index (κ2) is 6.21. The van der Waals surface area contributed by atoms with Crippen LogP contribution in [0, 0.1) is 3.57 Å². The van der Waals surface area contributed by atoms with Crippen molar-refractivity contribution in [3.8, 4) is 11.5 Å². The Hall–Kier alpha value is -1.96. The van der Waals surface area contributed by atoms with Gasteiger partial charge < -0.3 is 20.1 Å². The molecule has 3 rings (SSSR count). The highest BCUT2D eigenvalue weighted by atomic mass is 127. The highest BCUT2D eigenvalue weighted by Crippen LogP contribution is 2.34. The van der Waals surface area contributed by atoms with Crippen molar-refractivity contribution in [3.63, 3.8) is 0 Å². The Balaban J connectivity index is 1.58. The van der Waals surface area contributed by atoms with Gasteiger partial charge in [-0.25, -0.2) is 0 Å². The molecule has 1 aliphatic heterocycles. The molecule has 5 nitrogen and oxygen atoms in total. The molecule has 0 aliphatic carbocycles. The predicted molar refractivity (Wildman–Crippen MR) is 88.8 cm³/mol. The molecule has 0 bridgehead atoms. The Labute approximate surface area is 135 Å². The van der Waals surface area contributed by atoms with Crippen LogP contribution in [0.5, 0.6) is 11.5 Å². The van der Waals surface area contributed by atoms with Crippen LogP contribution < -0.4 is 20.1 Å². The lowest BCUT2D eigenvalue weighted by Gasteiger charge is -2.09. The number of halogens is 1. The molecule has 0 radical (unpaired) electrons. The fraction of sp³-hybridized carbons (Fsp3) is 0.133. The number of amides is 1. The Bertz CT molecular complexity index is 676. The van der Waals surface area contributed by atoms with Gasteiger partial charge in [-0.1, -0.05) is 12.1 Å². The Morgan fingerprint density at radius 3 is 2.81 bits per heavy atom. The molecule has 1 aliphatic rings. The number of hydrogen-bond donors (Lipinski definition) is 2. The molecule has 0 saturated carbocycles. The highest BCUT2D eigenvalue weighted by Gasteiger charge is 2.14. The number of para-hydroxylation sites is 1. The van der Waals surface area contributed by atoms with Gasteiger partial charge in [0, 0.05) is 21.0 Å². The predicted octanol–water partition coefficient (Wildman–Crippen LogP) is 3.07. The molecule has 2 aromatic carbocycles. The van der Waals surface area contributed by atoms with Crippen molar-refractivity contribution in [2.45, 2.75) is 0 Å². The normalized spacial score (nSPS) is 12.0. The lowest BCUT2D eigenvalue weighted by molar-refractivity contribution is -0.114. The average Bonchev–Trinajstić information content (AvgIpc) is 2.94. The van der Waals surface area contributed by atoms with E-state index >= 15 is 0 Å². The van der Waals surface area contributed by atoms with Gasteiger partial charge >= 0.3 is 0 Å². The summed E-state index contributed by atoms with van der Waals surface area (Å²) in [4.78, 5) is 11.9. The summed E-state index contributed by atoms with van der Waals surface area (Å²) in [5.41, 5.74) is 1.63. The van der Waals surface area contributed by atoms with E-state index in [4.69, 9.17) is 9.47 Å². The Kier molecular flexibility index (Phi) is 4.14. The second-order valence-electron chi connectivity index (χ2n) is 4.45. The fourth-order valence-corrected chi connectivity index (χ4v) is 2.54. The van der Waals surface area contributed by atoms with E-state index in [-0.39, 0.29) is 19.2 Å². The first-order valence-electron chi connectivity index (χ1n) is 6.40. The van der Waals surface area contributed by atoms with Crippen LogP contribution in [0.4, 0.5) is 11.4 Å². The molecule has 0 saturated heterocycles. The van der Waals surface area contributed by atoms with Gasteiger partial charge in [-0.15, -0.1) is 0 Å². The number of carbonyl (C=O) groups is 1. The van der Waals surface area contributed by atoms with Crippen molar-refractivity contribution >= 4 is 39.9 Å². The minimum absolute atomic E-state index is 0.117. The number of nitrogens with one attached hydrogen (secondary N) is 2. The van der Waals surface area contributed by atoms with Gasteiger partial charge in [0.2, 0.25) is 12.7 Å². The molecule has 0 atom stereocenters. The molecule has 21 heavy (non-hydrogen) atoms. The largest absolute Gasteiger partial charge is 0.454 e. The van der Waals surface area contributed by atoms with Crippen molar-refractivity contribution in [1.29, 1.82) is 0 Å². The third-order valence-corrected chi connectivity index (χ3v) is 3.91. The van der Waals surface area contributed by atoms with Crippen LogP contribution in [0.25, 0.3) is 0 Å². The quantitative estimate of drug-likeness (QED) is 0.781. The van der Waals surface area contributed by atoms with E-state index in [0.29, 0.717) is 17.2 Å². The zero-order chi connectivity index (χ0) is 14.7. The highest BCUT2D eigenvalue weighted by molar-refractivity contribution is 14.1. The van der Waals surface area contributed by atoms with Crippen LogP contribution in [0.2, 0.25) is 0 Å². The SMILES string of the molecule is O=C(CNc1ccccc1I)Nc1ccc2c(c1)OCO2. The lowest BCUT2D eigenvalue weighted by atomic mass is 10.2. The number of fused-ring (bicyclic) bond motifs is 1. The van der Waals surface area contributed by atoms with Gasteiger partial charge in [-0.05, 0) is 46.9 Å². The minimum atomic E-state index is -0.117. The first-order valence-corrected chi connectivity index (χ1v) is 7.48. The third kappa shape index (κ3) is 3.38. The first kappa shape index (κ1) is 14.0. The summed E-state index contributed by atoms with van der Waals surface area (Å²) in [6, 6.07) is 13.1. The van der Waals surface area contributed by atoms with Crippen LogP contribution in [0.3, 0.4) is 0 Å². The molecule has 108 valence electrons. The van der Waals surface area contributed by atoms with Crippen molar-refractivity contribution in [1.82, 2.24) is 0 Å². The molecule has 0 fully saturated rings. The van der Waals surface area contributed by atoms with Crippen LogP contribution in [-0.2, 0) is 4.79 Å². The number of anilines is 2. The van der Waals surface area contributed by atoms with E-state index in [1.165, 1.54) is 0 Å². The van der Waals surface area contributed by atoms with Gasteiger partial charge in [0.1, 0.15) is 0 Å². The zero-order valence-corrected chi connectivity index (χ0v) is 13.2. The Morgan fingerprint density at radius 1 is 1.14 bits per heavy atom. The van der Waals surface area contributed by atoms with E-state index in [9.17, 15) is 4.79 Å². The summed E-state index contributed by atoms with van der Waals surface area (Å²) >= 11 is 2.23. The average molecular weight is 396 g/mol. The number of hydrogen-bond acceptors (Lipinski definition) is 4. The number of ether oxygens (including phenoxy) is 2. The molecule has 2 aromatic rings. The molecule has 6 heteroatoms. The molecule has 1 amide bonds. The maximum absolute atomic E-state index is 11.9. The maximum Gasteiger partial charge on any atom is 0.243 e. The van der Waals surface area contributed by atoms with Crippen molar-refractivity contribution in [2.24, 2.45) is 0 Å². The van der Waals surface area contributed by atoms with Crippen molar-refractivity contribution < 1.29 is 14.3 Å². The van der Waals surface area contributed by atoms with E-state index in [1.54, 1.807) is 18.2 Å². The van der Waals surface area contributed by atoms with Gasteiger partial charge in [-0.3, -0.25) is 4.79 Å². The van der Waals surface area contributed by atoms with Gasteiger partial charge in [0.25, 0.3) is 0 Å². The topological polar surface area (TPSA) is 59.6 Å². The molecule has 2 N–H and O–H groups in total. The van der Waals surface area contributed by atoms with Crippen molar-refractivity contribution in [2.75, 3.05) is 24.0 Å². The van der Waals surface area contributed by atoms with E-state index in [0.717, 1.165) is 9.26 Å². The molecular formula is C15H13IN2O3. The summed E-state index contributed by atoms with van der Waals surface area (Å²) in [5.74, 6) is 1.23. The monoisotopic (exact) mass is 396 g/mol. The summed E-state index contributed by atoms with van der Waals surface area (Å²) in [6.45, 7) is 0.426. The van der Waals surface area contributed by atoms with Gasteiger partial charge in [-0.2, -0.15) is 0 Å². The van der Waals surface area contributed by atoms with Gasteiger partial charge in [0.15, 0.2) is 11.5 Å². The number of rotatable bonds is 4. The maximum atomic E-state index is 11.9. The zero-order valence-electron chi connectivity index (χ0n) is 11.1. The summed E-state index contributed by atoms with van der Waals surface area (Å²) in [6.07, 6.45) is 0. The summed E-state index contributed by atoms with van der Waals surface area (Å²) < 4.78 is 11.6. The standard InChI is InChI=1S/C15H13IN2O3/c16-11-3-1-2-4-12(11)17-8-15(19)18-10-5-6-13-14(7-10)21-9-20-13/h1-7,17H,8-9H2,(H,18,19). The van der Waals surface area contributed by atoms with E-state index in [1.807, 2.05) is 24.3 Å². The first-order chi connectivity index (χ1) is 10.2. The second-order valence-corrected chi connectivity index (χ2v) is 5.61. The fourth-order valence-electron chi connectivity index (χ4n) is 1.96. The minimum Gasteiger partial charge on any atom is -0.454 e. The van der Waals surface area contributed by atoms with Crippen molar-refractivity contribution in [3.05, 3.63) is 46.0 Å².